The van der Waals surface area contributed by atoms with Crippen molar-refractivity contribution in [2.24, 2.45) is 5.92 Å². The maximum absolute atomic E-state index is 13.5. The molecule has 184 valence electrons. The number of ether oxygens (including phenoxy) is 3. The fourth-order valence-electron chi connectivity index (χ4n) is 4.42. The monoisotopic (exact) mass is 491 g/mol. The molecule has 0 aliphatic carbocycles. The Morgan fingerprint density at radius 2 is 1.97 bits per heavy atom. The van der Waals surface area contributed by atoms with E-state index in [1.807, 2.05) is 12.1 Å². The third-order valence-corrected chi connectivity index (χ3v) is 8.09. The third-order valence-electron chi connectivity index (χ3n) is 6.05. The lowest BCUT2D eigenvalue weighted by Gasteiger charge is -2.31. The Morgan fingerprint density at radius 3 is 2.74 bits per heavy atom. The molecule has 0 saturated carbocycles. The third kappa shape index (κ3) is 4.62. The number of hydrogen-bond donors (Lipinski definition) is 2. The molecular weight excluding hydrogens is 462 g/mol. The summed E-state index contributed by atoms with van der Waals surface area (Å²) in [6.45, 7) is 5.84. The summed E-state index contributed by atoms with van der Waals surface area (Å²) < 4.78 is 44.1. The zero-order chi connectivity index (χ0) is 24.5. The van der Waals surface area contributed by atoms with Crippen LogP contribution < -0.4 is 14.8 Å². The largest absolute Gasteiger partial charge is 0.462 e. The molecular formula is C23H29N3O7S. The van der Waals surface area contributed by atoms with Gasteiger partial charge >= 0.3 is 5.97 Å². The van der Waals surface area contributed by atoms with E-state index in [-0.39, 0.29) is 42.9 Å². The number of aryl methyl sites for hydroxylation is 2. The molecule has 10 nitrogen and oxygen atoms in total. The predicted octanol–water partition coefficient (Wildman–Crippen LogP) is 2.25. The van der Waals surface area contributed by atoms with Gasteiger partial charge in [0.15, 0.2) is 11.5 Å². The number of benzene rings is 1. The number of H-pyrrole nitrogens is 1. The average molecular weight is 492 g/mol. The second-order valence-electron chi connectivity index (χ2n) is 8.41. The molecule has 2 aromatic rings. The van der Waals surface area contributed by atoms with E-state index in [0.717, 1.165) is 5.56 Å². The SMILES string of the molecule is CCOC(=O)c1c(C)[nH]c(C)c1S(=O)(=O)N1CCC[C@H](C(=O)NCc2ccc3c(c2)OCO3)C1. The van der Waals surface area contributed by atoms with Gasteiger partial charge < -0.3 is 24.5 Å². The Balaban J connectivity index is 1.47. The highest BCUT2D eigenvalue weighted by atomic mass is 32.2. The summed E-state index contributed by atoms with van der Waals surface area (Å²) in [5.41, 5.74) is 1.68. The normalized spacial score (nSPS) is 18.0. The van der Waals surface area contributed by atoms with Crippen LogP contribution in [0.3, 0.4) is 0 Å². The van der Waals surface area contributed by atoms with E-state index >= 15 is 0 Å². The van der Waals surface area contributed by atoms with Crippen molar-refractivity contribution in [3.05, 3.63) is 40.7 Å². The van der Waals surface area contributed by atoms with Crippen LogP contribution in [0.4, 0.5) is 0 Å². The summed E-state index contributed by atoms with van der Waals surface area (Å²) in [7, 11) is -4.02. The number of rotatable bonds is 7. The molecule has 2 N–H and O–H groups in total. The number of carbonyl (C=O) groups excluding carboxylic acids is 2. The quantitative estimate of drug-likeness (QED) is 0.569. The van der Waals surface area contributed by atoms with E-state index in [1.54, 1.807) is 26.8 Å². The minimum absolute atomic E-state index is 0.0220. The lowest BCUT2D eigenvalue weighted by atomic mass is 9.98. The van der Waals surface area contributed by atoms with E-state index in [2.05, 4.69) is 10.3 Å². The standard InChI is InChI=1S/C23H29N3O7S/c1-4-31-23(28)20-14(2)25-15(3)21(20)34(29,30)26-9-5-6-17(12-26)22(27)24-11-16-7-8-18-19(10-16)33-13-32-18/h7-8,10,17,25H,4-6,9,11-13H2,1-3H3,(H,24,27)/t17-/m0/s1. The van der Waals surface area contributed by atoms with Crippen molar-refractivity contribution in [1.29, 1.82) is 0 Å². The van der Waals surface area contributed by atoms with Gasteiger partial charge in [0.1, 0.15) is 10.5 Å². The average Bonchev–Trinajstić information content (AvgIpc) is 3.40. The smallest absolute Gasteiger partial charge is 0.341 e. The molecule has 0 bridgehead atoms. The number of aromatic amines is 1. The van der Waals surface area contributed by atoms with E-state index in [1.165, 1.54) is 4.31 Å². The van der Waals surface area contributed by atoms with Crippen molar-refractivity contribution in [1.82, 2.24) is 14.6 Å². The number of esters is 1. The first-order valence-corrected chi connectivity index (χ1v) is 12.7. The molecule has 1 amide bonds. The predicted molar refractivity (Wildman–Crippen MR) is 122 cm³/mol. The topological polar surface area (TPSA) is 127 Å². The van der Waals surface area contributed by atoms with Gasteiger partial charge in [-0.25, -0.2) is 13.2 Å². The number of hydrogen-bond acceptors (Lipinski definition) is 7. The second kappa shape index (κ2) is 9.67. The Kier molecular flexibility index (Phi) is 6.85. The highest BCUT2D eigenvalue weighted by Gasteiger charge is 2.38. The summed E-state index contributed by atoms with van der Waals surface area (Å²) in [6, 6.07) is 5.45. The molecule has 1 aromatic heterocycles. The Hall–Kier alpha value is -3.05. The van der Waals surface area contributed by atoms with Gasteiger partial charge in [-0.05, 0) is 51.3 Å². The van der Waals surface area contributed by atoms with Crippen LogP contribution >= 0.6 is 0 Å². The minimum Gasteiger partial charge on any atom is -0.462 e. The molecule has 11 heteroatoms. The lowest BCUT2D eigenvalue weighted by Crippen LogP contribution is -2.45. The van der Waals surface area contributed by atoms with Crippen LogP contribution in [-0.2, 0) is 26.1 Å². The van der Waals surface area contributed by atoms with Crippen molar-refractivity contribution in [3.63, 3.8) is 0 Å². The van der Waals surface area contributed by atoms with Gasteiger partial charge in [0.25, 0.3) is 0 Å². The number of aromatic nitrogens is 1. The molecule has 0 radical (unpaired) electrons. The molecule has 2 aliphatic heterocycles. The summed E-state index contributed by atoms with van der Waals surface area (Å²) in [6.07, 6.45) is 1.12. The van der Waals surface area contributed by atoms with Crippen molar-refractivity contribution in [3.8, 4) is 11.5 Å². The van der Waals surface area contributed by atoms with E-state index < -0.39 is 21.9 Å². The summed E-state index contributed by atoms with van der Waals surface area (Å²) in [4.78, 5) is 28.2. The van der Waals surface area contributed by atoms with Crippen LogP contribution in [0.25, 0.3) is 0 Å². The summed E-state index contributed by atoms with van der Waals surface area (Å²) in [5.74, 6) is -0.0936. The van der Waals surface area contributed by atoms with Gasteiger partial charge in [-0.3, -0.25) is 4.79 Å². The Morgan fingerprint density at radius 1 is 1.21 bits per heavy atom. The first-order chi connectivity index (χ1) is 16.2. The van der Waals surface area contributed by atoms with Crippen LogP contribution in [0.5, 0.6) is 11.5 Å². The number of nitrogens with one attached hydrogen (secondary N) is 2. The zero-order valence-electron chi connectivity index (χ0n) is 19.5. The highest BCUT2D eigenvalue weighted by Crippen LogP contribution is 2.33. The number of fused-ring (bicyclic) bond motifs is 1. The highest BCUT2D eigenvalue weighted by molar-refractivity contribution is 7.89. The van der Waals surface area contributed by atoms with E-state index in [4.69, 9.17) is 14.2 Å². The van der Waals surface area contributed by atoms with Gasteiger partial charge in [0, 0.05) is 31.0 Å². The fraction of sp³-hybridized carbons (Fsp3) is 0.478. The van der Waals surface area contributed by atoms with Crippen LogP contribution in [-0.4, -0.2) is 56.1 Å². The molecule has 1 saturated heterocycles. The van der Waals surface area contributed by atoms with Gasteiger partial charge in [0.2, 0.25) is 22.7 Å². The van der Waals surface area contributed by atoms with Crippen LogP contribution in [0, 0.1) is 19.8 Å². The molecule has 1 aromatic carbocycles. The molecule has 1 atom stereocenters. The Bertz CT molecular complexity index is 1210. The zero-order valence-corrected chi connectivity index (χ0v) is 20.3. The lowest BCUT2D eigenvalue weighted by molar-refractivity contribution is -0.126. The number of amides is 1. The number of nitrogens with zero attached hydrogens (tertiary/aromatic N) is 1. The molecule has 3 heterocycles. The van der Waals surface area contributed by atoms with E-state index in [0.29, 0.717) is 42.3 Å². The van der Waals surface area contributed by atoms with Crippen molar-refractivity contribution < 1.29 is 32.2 Å². The molecule has 34 heavy (non-hydrogen) atoms. The van der Waals surface area contributed by atoms with Gasteiger partial charge in [-0.1, -0.05) is 6.07 Å². The summed E-state index contributed by atoms with van der Waals surface area (Å²) in [5, 5.41) is 2.90. The molecule has 2 aliphatic rings. The molecule has 0 unspecified atom stereocenters. The fourth-order valence-corrected chi connectivity index (χ4v) is 6.35. The number of carbonyl (C=O) groups is 2. The summed E-state index contributed by atoms with van der Waals surface area (Å²) >= 11 is 0. The van der Waals surface area contributed by atoms with Gasteiger partial charge in [0.05, 0.1) is 12.5 Å². The second-order valence-corrected chi connectivity index (χ2v) is 10.3. The van der Waals surface area contributed by atoms with Gasteiger partial charge in [-0.2, -0.15) is 4.31 Å². The van der Waals surface area contributed by atoms with Crippen LogP contribution in [0.2, 0.25) is 0 Å². The van der Waals surface area contributed by atoms with Crippen molar-refractivity contribution in [2.45, 2.75) is 45.1 Å². The Labute approximate surface area is 198 Å². The maximum Gasteiger partial charge on any atom is 0.341 e. The maximum atomic E-state index is 13.5. The van der Waals surface area contributed by atoms with Crippen molar-refractivity contribution >= 4 is 21.9 Å². The van der Waals surface area contributed by atoms with Crippen LogP contribution in [0.15, 0.2) is 23.1 Å². The van der Waals surface area contributed by atoms with Gasteiger partial charge in [-0.15, -0.1) is 0 Å². The first-order valence-electron chi connectivity index (χ1n) is 11.2. The molecule has 4 rings (SSSR count). The van der Waals surface area contributed by atoms with Crippen molar-refractivity contribution in [2.75, 3.05) is 26.5 Å². The number of sulfonamides is 1. The molecule has 0 spiro atoms. The van der Waals surface area contributed by atoms with Crippen LogP contribution in [0.1, 0.15) is 47.1 Å². The molecule has 1 fully saturated rings. The van der Waals surface area contributed by atoms with E-state index in [9.17, 15) is 18.0 Å². The minimum atomic E-state index is -4.02. The number of piperidine rings is 1. The first kappa shape index (κ1) is 24.1.